The number of ether oxygens (including phenoxy) is 2. The first-order valence-corrected chi connectivity index (χ1v) is 10.8. The predicted octanol–water partition coefficient (Wildman–Crippen LogP) is 3.47. The van der Waals surface area contributed by atoms with Crippen LogP contribution in [0.2, 0.25) is 0 Å². The standard InChI is InChI=1S/C22H27F3N2O4/c23-22(24,25)31-18-5-2-16(3-6-18)20(29)27-14-17(21(15-27)8-1-9-21)4-7-19(28)26-10-12-30-13-11-26/h2-3,5-6,17H,1,4,7-15H2. The minimum absolute atomic E-state index is 0.0697. The fourth-order valence-electron chi connectivity index (χ4n) is 5.03. The van der Waals surface area contributed by atoms with Gasteiger partial charge in [0.2, 0.25) is 5.91 Å². The van der Waals surface area contributed by atoms with E-state index in [4.69, 9.17) is 4.74 Å². The topological polar surface area (TPSA) is 59.1 Å². The molecule has 6 nitrogen and oxygen atoms in total. The third-order valence-electron chi connectivity index (χ3n) is 6.85. The van der Waals surface area contributed by atoms with E-state index in [-0.39, 0.29) is 28.9 Å². The lowest BCUT2D eigenvalue weighted by Gasteiger charge is -2.43. The zero-order valence-electron chi connectivity index (χ0n) is 17.3. The number of carbonyl (C=O) groups excluding carboxylic acids is 2. The Labute approximate surface area is 179 Å². The van der Waals surface area contributed by atoms with Gasteiger partial charge >= 0.3 is 6.36 Å². The minimum atomic E-state index is -4.76. The highest BCUT2D eigenvalue weighted by molar-refractivity contribution is 5.94. The van der Waals surface area contributed by atoms with Gasteiger partial charge < -0.3 is 19.3 Å². The maximum atomic E-state index is 13.0. The minimum Gasteiger partial charge on any atom is -0.406 e. The Kier molecular flexibility index (Phi) is 6.14. The highest BCUT2D eigenvalue weighted by Gasteiger charge is 2.51. The van der Waals surface area contributed by atoms with Crippen molar-refractivity contribution in [1.29, 1.82) is 0 Å². The molecule has 1 aromatic rings. The van der Waals surface area contributed by atoms with Gasteiger partial charge in [0, 0.05) is 38.2 Å². The van der Waals surface area contributed by atoms with E-state index >= 15 is 0 Å². The summed E-state index contributed by atoms with van der Waals surface area (Å²) in [5, 5.41) is 0. The van der Waals surface area contributed by atoms with Gasteiger partial charge in [0.25, 0.3) is 5.91 Å². The third-order valence-corrected chi connectivity index (χ3v) is 6.85. The number of halogens is 3. The van der Waals surface area contributed by atoms with Gasteiger partial charge in [0.15, 0.2) is 0 Å². The second-order valence-corrected chi connectivity index (χ2v) is 8.70. The van der Waals surface area contributed by atoms with E-state index < -0.39 is 6.36 Å². The molecular formula is C22H27F3N2O4. The van der Waals surface area contributed by atoms with Gasteiger partial charge in [0.1, 0.15) is 5.75 Å². The van der Waals surface area contributed by atoms with Crippen LogP contribution in [0.1, 0.15) is 42.5 Å². The number of hydrogen-bond acceptors (Lipinski definition) is 4. The third kappa shape index (κ3) is 4.97. The number of nitrogens with zero attached hydrogens (tertiary/aromatic N) is 2. The van der Waals surface area contributed by atoms with Crippen LogP contribution >= 0.6 is 0 Å². The summed E-state index contributed by atoms with van der Waals surface area (Å²) in [6, 6.07) is 5.06. The van der Waals surface area contributed by atoms with Crippen molar-refractivity contribution >= 4 is 11.8 Å². The average molecular weight is 440 g/mol. The van der Waals surface area contributed by atoms with Crippen LogP contribution in [0.5, 0.6) is 5.75 Å². The van der Waals surface area contributed by atoms with Gasteiger partial charge in [-0.15, -0.1) is 13.2 Å². The van der Waals surface area contributed by atoms with Crippen molar-refractivity contribution in [2.75, 3.05) is 39.4 Å². The van der Waals surface area contributed by atoms with Crippen LogP contribution in [0.4, 0.5) is 13.2 Å². The summed E-state index contributed by atoms with van der Waals surface area (Å²) in [7, 11) is 0. The summed E-state index contributed by atoms with van der Waals surface area (Å²) in [5.74, 6) is -0.127. The van der Waals surface area contributed by atoms with Gasteiger partial charge in [0.05, 0.1) is 13.2 Å². The Morgan fingerprint density at radius 3 is 2.35 bits per heavy atom. The molecule has 0 bridgehead atoms. The van der Waals surface area contributed by atoms with E-state index in [1.54, 1.807) is 4.90 Å². The molecule has 1 atom stereocenters. The molecule has 3 fully saturated rings. The molecule has 3 aliphatic rings. The molecule has 170 valence electrons. The summed E-state index contributed by atoms with van der Waals surface area (Å²) < 4.78 is 46.2. The SMILES string of the molecule is O=C(CCC1CN(C(=O)c2ccc(OC(F)(F)F)cc2)CC12CCC2)N1CCOCC1. The van der Waals surface area contributed by atoms with Crippen LogP contribution in [-0.2, 0) is 9.53 Å². The van der Waals surface area contributed by atoms with Crippen LogP contribution in [0.3, 0.4) is 0 Å². The smallest absolute Gasteiger partial charge is 0.406 e. The highest BCUT2D eigenvalue weighted by atomic mass is 19.4. The number of likely N-dealkylation sites (tertiary alicyclic amines) is 1. The van der Waals surface area contributed by atoms with Crippen LogP contribution in [0.15, 0.2) is 24.3 Å². The van der Waals surface area contributed by atoms with Gasteiger partial charge in [-0.3, -0.25) is 9.59 Å². The van der Waals surface area contributed by atoms with Crippen molar-refractivity contribution < 1.29 is 32.2 Å². The molecule has 0 radical (unpaired) electrons. The van der Waals surface area contributed by atoms with Gasteiger partial charge in [-0.25, -0.2) is 0 Å². The number of hydrogen-bond donors (Lipinski definition) is 0. The number of morpholine rings is 1. The van der Waals surface area contributed by atoms with Crippen LogP contribution in [-0.4, -0.2) is 67.4 Å². The molecule has 1 unspecified atom stereocenters. The van der Waals surface area contributed by atoms with E-state index in [9.17, 15) is 22.8 Å². The van der Waals surface area contributed by atoms with E-state index in [0.29, 0.717) is 51.4 Å². The maximum Gasteiger partial charge on any atom is 0.573 e. The molecule has 31 heavy (non-hydrogen) atoms. The van der Waals surface area contributed by atoms with E-state index in [1.165, 1.54) is 12.1 Å². The number of alkyl halides is 3. The molecule has 9 heteroatoms. The number of carbonyl (C=O) groups is 2. The summed E-state index contributed by atoms with van der Waals surface area (Å²) in [4.78, 5) is 29.2. The average Bonchev–Trinajstić information content (AvgIpc) is 3.12. The first-order chi connectivity index (χ1) is 14.8. The van der Waals surface area contributed by atoms with E-state index in [1.807, 2.05) is 4.90 Å². The lowest BCUT2D eigenvalue weighted by Crippen LogP contribution is -2.42. The number of benzene rings is 1. The zero-order valence-corrected chi connectivity index (χ0v) is 17.3. The molecule has 0 aromatic heterocycles. The molecule has 1 aromatic carbocycles. The molecule has 2 amide bonds. The lowest BCUT2D eigenvalue weighted by molar-refractivity contribution is -0.274. The van der Waals surface area contributed by atoms with E-state index in [0.717, 1.165) is 37.8 Å². The van der Waals surface area contributed by atoms with Gasteiger partial charge in [-0.05, 0) is 54.9 Å². The van der Waals surface area contributed by atoms with Crippen LogP contribution in [0.25, 0.3) is 0 Å². The van der Waals surface area contributed by atoms with Crippen molar-refractivity contribution in [1.82, 2.24) is 9.80 Å². The van der Waals surface area contributed by atoms with Crippen molar-refractivity contribution in [2.45, 2.75) is 38.5 Å². The molecule has 2 saturated heterocycles. The Bertz CT molecular complexity index is 802. The Hall–Kier alpha value is -2.29. The van der Waals surface area contributed by atoms with Crippen LogP contribution in [0, 0.1) is 11.3 Å². The quantitative estimate of drug-likeness (QED) is 0.704. The molecule has 2 heterocycles. The molecule has 1 aliphatic carbocycles. The van der Waals surface area contributed by atoms with E-state index in [2.05, 4.69) is 4.74 Å². The lowest BCUT2D eigenvalue weighted by atomic mass is 9.62. The largest absolute Gasteiger partial charge is 0.573 e. The Morgan fingerprint density at radius 1 is 1.10 bits per heavy atom. The number of rotatable bonds is 5. The maximum absolute atomic E-state index is 13.0. The molecular weight excluding hydrogens is 413 g/mol. The summed E-state index contributed by atoms with van der Waals surface area (Å²) in [6.07, 6.45) is -0.324. The van der Waals surface area contributed by atoms with Crippen molar-refractivity contribution in [3.8, 4) is 5.75 Å². The summed E-state index contributed by atoms with van der Waals surface area (Å²) in [5.41, 5.74) is 0.411. The normalized spacial score (nSPS) is 23.0. The monoisotopic (exact) mass is 440 g/mol. The molecule has 0 N–H and O–H groups in total. The van der Waals surface area contributed by atoms with Crippen molar-refractivity contribution in [3.63, 3.8) is 0 Å². The second kappa shape index (κ2) is 8.68. The first kappa shape index (κ1) is 21.9. The number of amides is 2. The predicted molar refractivity (Wildman–Crippen MR) is 105 cm³/mol. The fourth-order valence-corrected chi connectivity index (χ4v) is 5.03. The Balaban J connectivity index is 1.36. The summed E-state index contributed by atoms with van der Waals surface area (Å²) in [6.45, 7) is 3.64. The van der Waals surface area contributed by atoms with Gasteiger partial charge in [-0.1, -0.05) is 6.42 Å². The first-order valence-electron chi connectivity index (χ1n) is 10.8. The fraction of sp³-hybridized carbons (Fsp3) is 0.636. The molecule has 1 saturated carbocycles. The molecule has 2 aliphatic heterocycles. The second-order valence-electron chi connectivity index (χ2n) is 8.70. The summed E-state index contributed by atoms with van der Waals surface area (Å²) >= 11 is 0. The van der Waals surface area contributed by atoms with Crippen molar-refractivity contribution in [3.05, 3.63) is 29.8 Å². The van der Waals surface area contributed by atoms with Crippen LogP contribution < -0.4 is 4.74 Å². The zero-order chi connectivity index (χ0) is 22.1. The Morgan fingerprint density at radius 2 is 1.77 bits per heavy atom. The molecule has 4 rings (SSSR count). The van der Waals surface area contributed by atoms with Gasteiger partial charge in [-0.2, -0.15) is 0 Å². The van der Waals surface area contributed by atoms with Crippen molar-refractivity contribution in [2.24, 2.45) is 11.3 Å². The highest BCUT2D eigenvalue weighted by Crippen LogP contribution is 2.53. The molecule has 1 spiro atoms.